The predicted octanol–water partition coefficient (Wildman–Crippen LogP) is 2.79. The van der Waals surface area contributed by atoms with Crippen molar-refractivity contribution >= 4 is 34.1 Å². The lowest BCUT2D eigenvalue weighted by molar-refractivity contribution is -0.129. The molecular formula is C24H25FN4O4. The number of carbonyl (C=O) groups excluding carboxylic acids is 2. The molecule has 172 valence electrons. The Morgan fingerprint density at radius 3 is 2.45 bits per heavy atom. The SMILES string of the molecule is CCn1cc(C(=O)Nc2ccccc2O)c(=O)c2cc(F)c(N3CCN(C(C)=O)CC3)cc21. The number of para-hydroxylation sites is 2. The Morgan fingerprint density at radius 2 is 1.82 bits per heavy atom. The second kappa shape index (κ2) is 8.93. The first kappa shape index (κ1) is 22.3. The molecule has 0 bridgehead atoms. The van der Waals surface area contributed by atoms with Crippen LogP contribution in [0.15, 0.2) is 47.4 Å². The van der Waals surface area contributed by atoms with Crippen LogP contribution in [0.5, 0.6) is 5.75 Å². The van der Waals surface area contributed by atoms with E-state index >= 15 is 4.39 Å². The molecule has 9 heteroatoms. The van der Waals surface area contributed by atoms with Crippen LogP contribution < -0.4 is 15.6 Å². The summed E-state index contributed by atoms with van der Waals surface area (Å²) in [6.07, 6.45) is 1.45. The molecule has 1 fully saturated rings. The standard InChI is InChI=1S/C24H25FN4O4/c1-3-27-14-17(24(33)26-19-6-4-5-7-22(19)31)23(32)16-12-18(25)21(13-20(16)27)29-10-8-28(9-11-29)15(2)30/h4-7,12-14,31H,3,8-11H2,1-2H3,(H,26,33). The number of nitrogens with one attached hydrogen (secondary N) is 1. The van der Waals surface area contributed by atoms with E-state index in [-0.39, 0.29) is 28.3 Å². The van der Waals surface area contributed by atoms with Crippen LogP contribution in [0.4, 0.5) is 15.8 Å². The van der Waals surface area contributed by atoms with Crippen LogP contribution in [0.3, 0.4) is 0 Å². The highest BCUT2D eigenvalue weighted by molar-refractivity contribution is 6.06. The van der Waals surface area contributed by atoms with Gasteiger partial charge in [0.15, 0.2) is 0 Å². The van der Waals surface area contributed by atoms with Gasteiger partial charge < -0.3 is 24.8 Å². The van der Waals surface area contributed by atoms with Gasteiger partial charge >= 0.3 is 0 Å². The molecule has 2 aromatic carbocycles. The Hall–Kier alpha value is -3.88. The quantitative estimate of drug-likeness (QED) is 0.594. The molecule has 0 unspecified atom stereocenters. The molecular weight excluding hydrogens is 427 g/mol. The van der Waals surface area contributed by atoms with Gasteiger partial charge in [0.05, 0.1) is 16.9 Å². The molecule has 1 aliphatic rings. The fraction of sp³-hybridized carbons (Fsp3) is 0.292. The third-order valence-corrected chi connectivity index (χ3v) is 5.95. The van der Waals surface area contributed by atoms with E-state index in [9.17, 15) is 19.5 Å². The first-order valence-electron chi connectivity index (χ1n) is 10.8. The van der Waals surface area contributed by atoms with Gasteiger partial charge in [-0.3, -0.25) is 14.4 Å². The Labute approximate surface area is 189 Å². The number of rotatable bonds is 4. The van der Waals surface area contributed by atoms with Crippen molar-refractivity contribution in [3.63, 3.8) is 0 Å². The number of aromatic hydroxyl groups is 1. The number of fused-ring (bicyclic) bond motifs is 1. The number of halogens is 1. The minimum atomic E-state index is -0.685. The van der Waals surface area contributed by atoms with Crippen molar-refractivity contribution in [2.45, 2.75) is 20.4 Å². The van der Waals surface area contributed by atoms with Crippen molar-refractivity contribution in [1.82, 2.24) is 9.47 Å². The summed E-state index contributed by atoms with van der Waals surface area (Å²) < 4.78 is 16.8. The summed E-state index contributed by atoms with van der Waals surface area (Å²) in [5.41, 5.74) is 0.325. The van der Waals surface area contributed by atoms with Gasteiger partial charge in [-0.2, -0.15) is 0 Å². The number of anilines is 2. The van der Waals surface area contributed by atoms with Gasteiger partial charge in [0, 0.05) is 51.2 Å². The van der Waals surface area contributed by atoms with E-state index in [4.69, 9.17) is 0 Å². The van der Waals surface area contributed by atoms with E-state index in [0.29, 0.717) is 43.9 Å². The number of aryl methyl sites for hydroxylation is 1. The zero-order chi connectivity index (χ0) is 23.7. The molecule has 1 aromatic heterocycles. The second-order valence-corrected chi connectivity index (χ2v) is 7.94. The number of pyridine rings is 1. The molecule has 0 saturated carbocycles. The summed E-state index contributed by atoms with van der Waals surface area (Å²) in [5.74, 6) is -1.38. The minimum Gasteiger partial charge on any atom is -0.506 e. The number of nitrogens with zero attached hydrogens (tertiary/aromatic N) is 3. The Kier molecular flexibility index (Phi) is 6.04. The van der Waals surface area contributed by atoms with E-state index in [2.05, 4.69) is 5.32 Å². The smallest absolute Gasteiger partial charge is 0.261 e. The van der Waals surface area contributed by atoms with Crippen LogP contribution in [0.25, 0.3) is 10.9 Å². The summed E-state index contributed by atoms with van der Waals surface area (Å²) in [7, 11) is 0. The van der Waals surface area contributed by atoms with E-state index in [0.717, 1.165) is 0 Å². The topological polar surface area (TPSA) is 94.9 Å². The lowest BCUT2D eigenvalue weighted by atomic mass is 10.1. The Morgan fingerprint density at radius 1 is 1.12 bits per heavy atom. The van der Waals surface area contributed by atoms with Gasteiger partial charge in [0.1, 0.15) is 17.1 Å². The maximum absolute atomic E-state index is 15.1. The average Bonchev–Trinajstić information content (AvgIpc) is 2.81. The van der Waals surface area contributed by atoms with Crippen molar-refractivity contribution in [2.75, 3.05) is 36.4 Å². The molecule has 1 saturated heterocycles. The summed E-state index contributed by atoms with van der Waals surface area (Å²) >= 11 is 0. The molecule has 2 heterocycles. The average molecular weight is 452 g/mol. The molecule has 0 aliphatic carbocycles. The molecule has 0 atom stereocenters. The maximum Gasteiger partial charge on any atom is 0.261 e. The summed E-state index contributed by atoms with van der Waals surface area (Å²) in [5, 5.41) is 12.6. The van der Waals surface area contributed by atoms with Crippen molar-refractivity contribution in [3.8, 4) is 5.75 Å². The van der Waals surface area contributed by atoms with Crippen LogP contribution in [0.2, 0.25) is 0 Å². The molecule has 2 N–H and O–H groups in total. The van der Waals surface area contributed by atoms with Crippen LogP contribution in [-0.2, 0) is 11.3 Å². The highest BCUT2D eigenvalue weighted by atomic mass is 19.1. The Balaban J connectivity index is 1.72. The predicted molar refractivity (Wildman–Crippen MR) is 124 cm³/mol. The number of hydrogen-bond acceptors (Lipinski definition) is 5. The summed E-state index contributed by atoms with van der Waals surface area (Å²) in [6.45, 7) is 5.80. The van der Waals surface area contributed by atoms with Gasteiger partial charge in [-0.1, -0.05) is 12.1 Å². The zero-order valence-corrected chi connectivity index (χ0v) is 18.5. The van der Waals surface area contributed by atoms with E-state index in [1.54, 1.807) is 27.7 Å². The van der Waals surface area contributed by atoms with Gasteiger partial charge in [0.2, 0.25) is 11.3 Å². The molecule has 33 heavy (non-hydrogen) atoms. The largest absolute Gasteiger partial charge is 0.506 e. The lowest BCUT2D eigenvalue weighted by Crippen LogP contribution is -2.48. The number of carbonyl (C=O) groups is 2. The van der Waals surface area contributed by atoms with E-state index < -0.39 is 17.2 Å². The van der Waals surface area contributed by atoms with Crippen LogP contribution in [-0.4, -0.2) is 52.6 Å². The normalized spacial score (nSPS) is 13.9. The van der Waals surface area contributed by atoms with Gasteiger partial charge in [0.25, 0.3) is 5.91 Å². The van der Waals surface area contributed by atoms with Crippen LogP contribution in [0.1, 0.15) is 24.2 Å². The molecule has 3 aromatic rings. The fourth-order valence-corrected chi connectivity index (χ4v) is 4.10. The molecule has 1 aliphatic heterocycles. The molecule has 0 spiro atoms. The monoisotopic (exact) mass is 452 g/mol. The molecule has 8 nitrogen and oxygen atoms in total. The number of benzene rings is 2. The van der Waals surface area contributed by atoms with Crippen LogP contribution in [0, 0.1) is 5.82 Å². The maximum atomic E-state index is 15.1. The summed E-state index contributed by atoms with van der Waals surface area (Å²) in [6, 6.07) is 9.01. The van der Waals surface area contributed by atoms with Gasteiger partial charge in [-0.25, -0.2) is 4.39 Å². The number of amides is 2. The number of aromatic nitrogens is 1. The first-order valence-corrected chi connectivity index (χ1v) is 10.8. The first-order chi connectivity index (χ1) is 15.8. The molecule has 0 radical (unpaired) electrons. The highest BCUT2D eigenvalue weighted by Crippen LogP contribution is 2.27. The Bertz CT molecular complexity index is 1300. The van der Waals surface area contributed by atoms with Crippen molar-refractivity contribution in [2.24, 2.45) is 0 Å². The fourth-order valence-electron chi connectivity index (χ4n) is 4.10. The number of hydrogen-bond donors (Lipinski definition) is 2. The van der Waals surface area contributed by atoms with E-state index in [1.807, 2.05) is 11.8 Å². The summed E-state index contributed by atoms with van der Waals surface area (Å²) in [4.78, 5) is 41.1. The lowest BCUT2D eigenvalue weighted by Gasteiger charge is -2.36. The third-order valence-electron chi connectivity index (χ3n) is 5.95. The second-order valence-electron chi connectivity index (χ2n) is 7.94. The van der Waals surface area contributed by atoms with Gasteiger partial charge in [-0.05, 0) is 31.2 Å². The molecule has 2 amide bonds. The third kappa shape index (κ3) is 4.26. The van der Waals surface area contributed by atoms with Crippen LogP contribution >= 0.6 is 0 Å². The minimum absolute atomic E-state index is 0.0110. The van der Waals surface area contributed by atoms with E-state index in [1.165, 1.54) is 31.3 Å². The highest BCUT2D eigenvalue weighted by Gasteiger charge is 2.23. The number of piperazine rings is 1. The van der Waals surface area contributed by atoms with Crippen molar-refractivity contribution < 1.29 is 19.1 Å². The zero-order valence-electron chi connectivity index (χ0n) is 18.5. The number of phenolic OH excluding ortho intramolecular Hbond substituents is 1. The van der Waals surface area contributed by atoms with Crippen molar-refractivity contribution in [1.29, 1.82) is 0 Å². The van der Waals surface area contributed by atoms with Gasteiger partial charge in [-0.15, -0.1) is 0 Å². The molecule has 4 rings (SSSR count). The number of phenols is 1. The van der Waals surface area contributed by atoms with Crippen molar-refractivity contribution in [3.05, 3.63) is 64.2 Å².